The maximum absolute atomic E-state index is 12.5. The van der Waals surface area contributed by atoms with Crippen LogP contribution in [0.5, 0.6) is 0 Å². The van der Waals surface area contributed by atoms with Crippen molar-refractivity contribution in [3.63, 3.8) is 0 Å². The topological polar surface area (TPSA) is 79.3 Å². The van der Waals surface area contributed by atoms with E-state index in [9.17, 15) is 14.7 Å². The maximum Gasteiger partial charge on any atom is 0.329 e. The Morgan fingerprint density at radius 2 is 2.05 bits per heavy atom. The lowest BCUT2D eigenvalue weighted by Crippen LogP contribution is -2.52. The zero-order valence-electron chi connectivity index (χ0n) is 12.1. The number of carboxylic acid groups (broad SMARTS) is 1. The van der Waals surface area contributed by atoms with Crippen LogP contribution in [0.1, 0.15) is 37.0 Å². The quantitative estimate of drug-likeness (QED) is 0.885. The van der Waals surface area contributed by atoms with E-state index in [0.717, 1.165) is 0 Å². The largest absolute Gasteiger partial charge is 0.480 e. The number of carboxylic acids is 1. The van der Waals surface area contributed by atoms with Crippen LogP contribution in [0.2, 0.25) is 0 Å². The number of carbonyl (C=O) groups is 2. The number of nitrogens with one attached hydrogen (secondary N) is 1. The molecule has 0 radical (unpaired) electrons. The van der Waals surface area contributed by atoms with E-state index in [2.05, 4.69) is 10.3 Å². The third kappa shape index (κ3) is 3.02. The number of fused-ring (bicyclic) bond motifs is 1. The minimum absolute atomic E-state index is 0.372. The zero-order chi connectivity index (χ0) is 15.5. The summed E-state index contributed by atoms with van der Waals surface area (Å²) in [5, 5.41) is 12.7. The summed E-state index contributed by atoms with van der Waals surface area (Å²) in [7, 11) is 0. The molecule has 21 heavy (non-hydrogen) atoms. The maximum atomic E-state index is 12.5. The first-order chi connectivity index (χ1) is 9.98. The minimum atomic E-state index is -1.27. The summed E-state index contributed by atoms with van der Waals surface area (Å²) in [6.45, 7) is 3.41. The molecule has 2 aromatic rings. The fraction of sp³-hybridized carbons (Fsp3) is 0.312. The molecule has 1 amide bonds. The number of carbonyl (C=O) groups excluding carboxylic acids is 1. The molecule has 0 aliphatic heterocycles. The number of aromatic nitrogens is 1. The number of rotatable bonds is 5. The van der Waals surface area contributed by atoms with Gasteiger partial charge in [-0.1, -0.05) is 25.5 Å². The summed E-state index contributed by atoms with van der Waals surface area (Å²) in [6.07, 6.45) is 2.69. The lowest BCUT2D eigenvalue weighted by atomic mass is 9.95. The lowest BCUT2D eigenvalue weighted by molar-refractivity contribution is -0.144. The second-order valence-corrected chi connectivity index (χ2v) is 5.22. The fourth-order valence-electron chi connectivity index (χ4n) is 2.34. The molecular weight excluding hydrogens is 268 g/mol. The lowest BCUT2D eigenvalue weighted by Gasteiger charge is -2.26. The molecule has 110 valence electrons. The first-order valence-electron chi connectivity index (χ1n) is 6.87. The van der Waals surface area contributed by atoms with Crippen LogP contribution in [0, 0.1) is 0 Å². The van der Waals surface area contributed by atoms with Crippen molar-refractivity contribution < 1.29 is 14.7 Å². The number of nitrogens with zero attached hydrogens (tertiary/aromatic N) is 1. The van der Waals surface area contributed by atoms with E-state index in [1.54, 1.807) is 30.5 Å². The van der Waals surface area contributed by atoms with Gasteiger partial charge in [-0.3, -0.25) is 9.78 Å². The Bertz CT molecular complexity index is 679. The monoisotopic (exact) mass is 286 g/mol. The molecule has 0 saturated carbocycles. The molecule has 0 saturated heterocycles. The summed E-state index contributed by atoms with van der Waals surface area (Å²) in [5.41, 5.74) is -0.127. The summed E-state index contributed by atoms with van der Waals surface area (Å²) in [6, 6.07) is 8.78. The summed E-state index contributed by atoms with van der Waals surface area (Å²) in [4.78, 5) is 28.1. The minimum Gasteiger partial charge on any atom is -0.480 e. The predicted molar refractivity (Wildman–Crippen MR) is 80.2 cm³/mol. The first kappa shape index (κ1) is 15.0. The summed E-state index contributed by atoms with van der Waals surface area (Å²) >= 11 is 0. The van der Waals surface area contributed by atoms with Crippen molar-refractivity contribution in [1.29, 1.82) is 0 Å². The van der Waals surface area contributed by atoms with Gasteiger partial charge in [0, 0.05) is 17.1 Å². The second kappa shape index (κ2) is 5.91. The van der Waals surface area contributed by atoms with E-state index in [1.807, 2.05) is 13.0 Å². The van der Waals surface area contributed by atoms with Gasteiger partial charge in [-0.25, -0.2) is 4.79 Å². The molecule has 2 rings (SSSR count). The standard InChI is InChI=1S/C16H18N2O3/c1-3-9-16(2,15(20)21)18-14(19)12-6-4-8-13-11(12)7-5-10-17-13/h4-8,10H,3,9H2,1-2H3,(H,18,19)(H,20,21). The molecule has 5 nitrogen and oxygen atoms in total. The van der Waals surface area contributed by atoms with Gasteiger partial charge in [-0.15, -0.1) is 0 Å². The number of hydrogen-bond acceptors (Lipinski definition) is 3. The molecule has 0 aliphatic rings. The Balaban J connectivity index is 2.36. The van der Waals surface area contributed by atoms with E-state index in [4.69, 9.17) is 0 Å². The van der Waals surface area contributed by atoms with Gasteiger partial charge in [-0.2, -0.15) is 0 Å². The molecule has 1 atom stereocenters. The third-order valence-corrected chi connectivity index (χ3v) is 3.50. The average Bonchev–Trinajstić information content (AvgIpc) is 2.46. The van der Waals surface area contributed by atoms with Crippen molar-refractivity contribution in [3.8, 4) is 0 Å². The molecule has 0 fully saturated rings. The number of amides is 1. The number of pyridine rings is 1. The zero-order valence-corrected chi connectivity index (χ0v) is 12.1. The van der Waals surface area contributed by atoms with Crippen molar-refractivity contribution >= 4 is 22.8 Å². The van der Waals surface area contributed by atoms with E-state index >= 15 is 0 Å². The molecule has 1 aromatic heterocycles. The van der Waals surface area contributed by atoms with Crippen molar-refractivity contribution in [1.82, 2.24) is 10.3 Å². The molecule has 1 heterocycles. The highest BCUT2D eigenvalue weighted by molar-refractivity contribution is 6.07. The Labute approximate surface area is 123 Å². The Hall–Kier alpha value is -2.43. The van der Waals surface area contributed by atoms with Gasteiger partial charge in [0.25, 0.3) is 5.91 Å². The highest BCUT2D eigenvalue weighted by Crippen LogP contribution is 2.19. The third-order valence-electron chi connectivity index (χ3n) is 3.50. The van der Waals surface area contributed by atoms with E-state index in [-0.39, 0.29) is 0 Å². The van der Waals surface area contributed by atoms with Crippen LogP contribution in [0.25, 0.3) is 10.9 Å². The van der Waals surface area contributed by atoms with Crippen molar-refractivity contribution in [2.75, 3.05) is 0 Å². The van der Waals surface area contributed by atoms with Gasteiger partial charge in [0.2, 0.25) is 0 Å². The van der Waals surface area contributed by atoms with Crippen LogP contribution < -0.4 is 5.32 Å². The summed E-state index contributed by atoms with van der Waals surface area (Å²) in [5.74, 6) is -1.43. The van der Waals surface area contributed by atoms with Crippen LogP contribution in [-0.4, -0.2) is 27.5 Å². The van der Waals surface area contributed by atoms with Crippen LogP contribution in [-0.2, 0) is 4.79 Å². The van der Waals surface area contributed by atoms with E-state index in [1.165, 1.54) is 6.92 Å². The van der Waals surface area contributed by atoms with Crippen LogP contribution in [0.15, 0.2) is 36.5 Å². The second-order valence-electron chi connectivity index (χ2n) is 5.22. The van der Waals surface area contributed by atoms with Gasteiger partial charge in [0.15, 0.2) is 0 Å². The molecule has 0 spiro atoms. The van der Waals surface area contributed by atoms with E-state index in [0.29, 0.717) is 29.3 Å². The van der Waals surface area contributed by atoms with Crippen LogP contribution >= 0.6 is 0 Å². The van der Waals surface area contributed by atoms with E-state index < -0.39 is 17.4 Å². The Morgan fingerprint density at radius 1 is 1.29 bits per heavy atom. The highest BCUT2D eigenvalue weighted by atomic mass is 16.4. The van der Waals surface area contributed by atoms with Crippen molar-refractivity contribution in [2.45, 2.75) is 32.2 Å². The average molecular weight is 286 g/mol. The summed E-state index contributed by atoms with van der Waals surface area (Å²) < 4.78 is 0. The van der Waals surface area contributed by atoms with Crippen LogP contribution in [0.4, 0.5) is 0 Å². The van der Waals surface area contributed by atoms with Crippen LogP contribution in [0.3, 0.4) is 0 Å². The SMILES string of the molecule is CCCC(C)(NC(=O)c1cccc2ncccc12)C(=O)O. The number of benzene rings is 1. The molecule has 0 bridgehead atoms. The number of aliphatic carboxylic acids is 1. The molecule has 5 heteroatoms. The normalized spacial score (nSPS) is 13.6. The Kier molecular flexibility index (Phi) is 4.21. The van der Waals surface area contributed by atoms with Gasteiger partial charge >= 0.3 is 5.97 Å². The van der Waals surface area contributed by atoms with Crippen molar-refractivity contribution in [3.05, 3.63) is 42.1 Å². The molecule has 1 unspecified atom stereocenters. The molecule has 1 aromatic carbocycles. The van der Waals surface area contributed by atoms with Gasteiger partial charge < -0.3 is 10.4 Å². The molecular formula is C16H18N2O3. The highest BCUT2D eigenvalue weighted by Gasteiger charge is 2.34. The molecule has 0 aliphatic carbocycles. The smallest absolute Gasteiger partial charge is 0.329 e. The first-order valence-corrected chi connectivity index (χ1v) is 6.87. The Morgan fingerprint density at radius 3 is 2.71 bits per heavy atom. The van der Waals surface area contributed by atoms with Gasteiger partial charge in [0.1, 0.15) is 5.54 Å². The predicted octanol–water partition coefficient (Wildman–Crippen LogP) is 2.61. The van der Waals surface area contributed by atoms with Crippen molar-refractivity contribution in [2.24, 2.45) is 0 Å². The van der Waals surface area contributed by atoms with Gasteiger partial charge in [-0.05, 0) is 31.5 Å². The fourth-order valence-corrected chi connectivity index (χ4v) is 2.34. The number of hydrogen-bond donors (Lipinski definition) is 2. The van der Waals surface area contributed by atoms with Gasteiger partial charge in [0.05, 0.1) is 5.52 Å². The molecule has 2 N–H and O–H groups in total.